The van der Waals surface area contributed by atoms with Crippen LogP contribution in [0.2, 0.25) is 0 Å². The third-order valence-corrected chi connectivity index (χ3v) is 2.66. The maximum absolute atomic E-state index is 11.0. The zero-order valence-electron chi connectivity index (χ0n) is 11.5. The molecule has 9 nitrogen and oxygen atoms in total. The Balaban J connectivity index is 2.19. The standard InChI is InChI=1S/C12H14N6O3/c1-13-12-16-7-9(18(19)20)11(17-12)15-6-8-3-4-14-10(5-8)21-2/h3-5,7H,6H2,1-2H3,(H2,13,15,16,17). The third kappa shape index (κ3) is 3.53. The summed E-state index contributed by atoms with van der Waals surface area (Å²) in [7, 11) is 3.16. The van der Waals surface area contributed by atoms with Gasteiger partial charge in [-0.2, -0.15) is 4.98 Å². The molecule has 0 unspecified atom stereocenters. The van der Waals surface area contributed by atoms with Crippen molar-refractivity contribution in [2.75, 3.05) is 24.8 Å². The molecule has 2 aromatic rings. The largest absolute Gasteiger partial charge is 0.481 e. The Kier molecular flexibility index (Phi) is 4.44. The molecule has 0 saturated heterocycles. The fraction of sp³-hybridized carbons (Fsp3) is 0.250. The lowest BCUT2D eigenvalue weighted by atomic mass is 10.2. The van der Waals surface area contributed by atoms with E-state index in [9.17, 15) is 10.1 Å². The third-order valence-electron chi connectivity index (χ3n) is 2.66. The van der Waals surface area contributed by atoms with Gasteiger partial charge >= 0.3 is 5.69 Å². The lowest BCUT2D eigenvalue weighted by molar-refractivity contribution is -0.384. The van der Waals surface area contributed by atoms with Gasteiger partial charge in [0.25, 0.3) is 0 Å². The smallest absolute Gasteiger partial charge is 0.329 e. The summed E-state index contributed by atoms with van der Waals surface area (Å²) in [6.45, 7) is 0.347. The molecule has 0 fully saturated rings. The number of methoxy groups -OCH3 is 1. The molecule has 0 saturated carbocycles. The molecule has 0 aromatic carbocycles. The normalized spacial score (nSPS) is 10.0. The van der Waals surface area contributed by atoms with Crippen molar-refractivity contribution in [1.82, 2.24) is 15.0 Å². The average molecular weight is 290 g/mol. The fourth-order valence-corrected chi connectivity index (χ4v) is 1.62. The van der Waals surface area contributed by atoms with Crippen LogP contribution < -0.4 is 15.4 Å². The van der Waals surface area contributed by atoms with Crippen LogP contribution in [0.25, 0.3) is 0 Å². The molecule has 0 bridgehead atoms. The summed E-state index contributed by atoms with van der Waals surface area (Å²) in [5, 5.41) is 16.6. The highest BCUT2D eigenvalue weighted by atomic mass is 16.6. The van der Waals surface area contributed by atoms with Crippen LogP contribution in [0.1, 0.15) is 5.56 Å². The Morgan fingerprint density at radius 3 is 2.90 bits per heavy atom. The Morgan fingerprint density at radius 1 is 1.43 bits per heavy atom. The van der Waals surface area contributed by atoms with Gasteiger partial charge in [-0.1, -0.05) is 0 Å². The summed E-state index contributed by atoms with van der Waals surface area (Å²) >= 11 is 0. The van der Waals surface area contributed by atoms with E-state index in [1.807, 2.05) is 0 Å². The van der Waals surface area contributed by atoms with E-state index in [0.29, 0.717) is 18.4 Å². The average Bonchev–Trinajstić information content (AvgIpc) is 2.52. The first-order chi connectivity index (χ1) is 10.1. The van der Waals surface area contributed by atoms with E-state index >= 15 is 0 Å². The summed E-state index contributed by atoms with van der Waals surface area (Å²) in [4.78, 5) is 22.3. The molecule has 21 heavy (non-hydrogen) atoms. The quantitative estimate of drug-likeness (QED) is 0.606. The highest BCUT2D eigenvalue weighted by Gasteiger charge is 2.16. The molecule has 2 heterocycles. The molecule has 2 N–H and O–H groups in total. The number of nitro groups is 1. The Hall–Kier alpha value is -2.97. The summed E-state index contributed by atoms with van der Waals surface area (Å²) in [5.74, 6) is 0.924. The lowest BCUT2D eigenvalue weighted by Gasteiger charge is -2.08. The van der Waals surface area contributed by atoms with Gasteiger partial charge in [0.2, 0.25) is 17.6 Å². The van der Waals surface area contributed by atoms with E-state index in [2.05, 4.69) is 25.6 Å². The number of pyridine rings is 1. The van der Waals surface area contributed by atoms with Gasteiger partial charge in [-0.15, -0.1) is 0 Å². The molecule has 0 atom stereocenters. The van der Waals surface area contributed by atoms with Crippen LogP contribution in [-0.4, -0.2) is 34.0 Å². The van der Waals surface area contributed by atoms with Crippen LogP contribution >= 0.6 is 0 Å². The summed E-state index contributed by atoms with van der Waals surface area (Å²) in [5.41, 5.74) is 0.677. The molecular weight excluding hydrogens is 276 g/mol. The topological polar surface area (TPSA) is 115 Å². The molecule has 0 aliphatic heterocycles. The van der Waals surface area contributed by atoms with E-state index in [1.54, 1.807) is 25.4 Å². The van der Waals surface area contributed by atoms with Crippen molar-refractivity contribution in [2.45, 2.75) is 6.54 Å². The second-order valence-corrected chi connectivity index (χ2v) is 3.99. The monoisotopic (exact) mass is 290 g/mol. The van der Waals surface area contributed by atoms with Gasteiger partial charge in [-0.3, -0.25) is 10.1 Å². The Bertz CT molecular complexity index is 649. The van der Waals surface area contributed by atoms with Gasteiger partial charge in [0.15, 0.2) is 0 Å². The van der Waals surface area contributed by atoms with E-state index in [0.717, 1.165) is 11.8 Å². The van der Waals surface area contributed by atoms with E-state index in [-0.39, 0.29) is 11.5 Å². The van der Waals surface area contributed by atoms with Crippen LogP contribution in [0.5, 0.6) is 5.88 Å². The number of aromatic nitrogens is 3. The fourth-order valence-electron chi connectivity index (χ4n) is 1.62. The zero-order chi connectivity index (χ0) is 15.2. The molecule has 2 rings (SSSR count). The molecule has 9 heteroatoms. The van der Waals surface area contributed by atoms with Crippen molar-refractivity contribution >= 4 is 17.5 Å². The summed E-state index contributed by atoms with van der Waals surface area (Å²) < 4.78 is 5.02. The Labute approximate surface area is 120 Å². The van der Waals surface area contributed by atoms with Crippen LogP contribution in [0.3, 0.4) is 0 Å². The first kappa shape index (κ1) is 14.4. The SMILES string of the molecule is CNc1ncc([N+](=O)[O-])c(NCc2ccnc(OC)c2)n1. The maximum Gasteiger partial charge on any atom is 0.329 e. The first-order valence-electron chi connectivity index (χ1n) is 6.06. The number of hydrogen-bond acceptors (Lipinski definition) is 8. The highest BCUT2D eigenvalue weighted by molar-refractivity contribution is 5.57. The van der Waals surface area contributed by atoms with Crippen LogP contribution in [0, 0.1) is 10.1 Å². The summed E-state index contributed by atoms with van der Waals surface area (Å²) in [6.07, 6.45) is 2.76. The number of nitrogens with one attached hydrogen (secondary N) is 2. The number of hydrogen-bond donors (Lipinski definition) is 2. The van der Waals surface area contributed by atoms with Gasteiger partial charge in [-0.05, 0) is 11.6 Å². The minimum Gasteiger partial charge on any atom is -0.481 e. The molecule has 0 amide bonds. The van der Waals surface area contributed by atoms with Crippen molar-refractivity contribution in [3.63, 3.8) is 0 Å². The maximum atomic E-state index is 11.0. The molecule has 0 aliphatic rings. The predicted molar refractivity (Wildman–Crippen MR) is 76.3 cm³/mol. The predicted octanol–water partition coefficient (Wildman–Crippen LogP) is 1.44. The minimum absolute atomic E-state index is 0.148. The van der Waals surface area contributed by atoms with Gasteiger partial charge in [0, 0.05) is 25.9 Å². The molecule has 0 spiro atoms. The second-order valence-electron chi connectivity index (χ2n) is 3.99. The van der Waals surface area contributed by atoms with Gasteiger partial charge in [0.1, 0.15) is 6.20 Å². The lowest BCUT2D eigenvalue weighted by Crippen LogP contribution is -2.07. The van der Waals surface area contributed by atoms with Gasteiger partial charge in [-0.25, -0.2) is 9.97 Å². The number of nitrogens with zero attached hydrogens (tertiary/aromatic N) is 4. The van der Waals surface area contributed by atoms with Crippen LogP contribution in [-0.2, 0) is 6.54 Å². The minimum atomic E-state index is -0.533. The zero-order valence-corrected chi connectivity index (χ0v) is 11.5. The van der Waals surface area contributed by atoms with Crippen molar-refractivity contribution in [1.29, 1.82) is 0 Å². The van der Waals surface area contributed by atoms with Crippen LogP contribution in [0.15, 0.2) is 24.5 Å². The first-order valence-corrected chi connectivity index (χ1v) is 6.06. The highest BCUT2D eigenvalue weighted by Crippen LogP contribution is 2.22. The Morgan fingerprint density at radius 2 is 2.24 bits per heavy atom. The molecule has 0 aliphatic carbocycles. The van der Waals surface area contributed by atoms with Crippen molar-refractivity contribution in [3.05, 3.63) is 40.2 Å². The molecule has 2 aromatic heterocycles. The van der Waals surface area contributed by atoms with E-state index < -0.39 is 4.92 Å². The van der Waals surface area contributed by atoms with Gasteiger partial charge < -0.3 is 15.4 Å². The van der Waals surface area contributed by atoms with Crippen molar-refractivity contribution < 1.29 is 9.66 Å². The summed E-state index contributed by atoms with van der Waals surface area (Å²) in [6, 6.07) is 3.51. The van der Waals surface area contributed by atoms with Crippen molar-refractivity contribution in [3.8, 4) is 5.88 Å². The van der Waals surface area contributed by atoms with Crippen LogP contribution in [0.4, 0.5) is 17.5 Å². The van der Waals surface area contributed by atoms with Gasteiger partial charge in [0.05, 0.1) is 12.0 Å². The number of rotatable bonds is 6. The molecule has 110 valence electrons. The van der Waals surface area contributed by atoms with E-state index in [4.69, 9.17) is 4.74 Å². The van der Waals surface area contributed by atoms with Crippen molar-refractivity contribution in [2.24, 2.45) is 0 Å². The molecule has 0 radical (unpaired) electrons. The number of anilines is 2. The molecular formula is C12H14N6O3. The van der Waals surface area contributed by atoms with E-state index in [1.165, 1.54) is 7.11 Å². The number of ether oxygens (including phenoxy) is 1. The second kappa shape index (κ2) is 6.46.